The predicted octanol–water partition coefficient (Wildman–Crippen LogP) is 4.38. The van der Waals surface area contributed by atoms with Crippen LogP contribution in [0.1, 0.15) is 11.5 Å². The predicted molar refractivity (Wildman–Crippen MR) is 94.1 cm³/mol. The molecule has 4 rings (SSSR count). The minimum absolute atomic E-state index is 0.0847. The maximum absolute atomic E-state index is 14.3. The lowest BCUT2D eigenvalue weighted by Crippen LogP contribution is -2.03. The first kappa shape index (κ1) is 16.7. The van der Waals surface area contributed by atoms with Crippen molar-refractivity contribution in [1.82, 2.24) is 14.7 Å². The molecular weight excluding hydrogens is 362 g/mol. The highest BCUT2D eigenvalue weighted by molar-refractivity contribution is 6.38. The lowest BCUT2D eigenvalue weighted by Gasteiger charge is -2.10. The molecule has 132 valence electrons. The molecule has 5 nitrogen and oxygen atoms in total. The average Bonchev–Trinajstić information content (AvgIpc) is 3.16. The Morgan fingerprint density at radius 2 is 2.00 bits per heavy atom. The number of hydrogen-bond acceptors (Lipinski definition) is 4. The molecule has 2 N–H and O–H groups in total. The van der Waals surface area contributed by atoms with Crippen molar-refractivity contribution in [3.05, 3.63) is 64.5 Å². The van der Waals surface area contributed by atoms with Gasteiger partial charge < -0.3 is 14.8 Å². The SMILES string of the molecule is Cc1nc(-c2c(Cl)c3cc(F)ccc3n2-c2ccc(CN)c(F)c2)no1. The van der Waals surface area contributed by atoms with Gasteiger partial charge in [0.05, 0.1) is 10.5 Å². The maximum Gasteiger partial charge on any atom is 0.223 e. The summed E-state index contributed by atoms with van der Waals surface area (Å²) < 4.78 is 34.8. The van der Waals surface area contributed by atoms with Crippen LogP contribution >= 0.6 is 11.6 Å². The van der Waals surface area contributed by atoms with Crippen LogP contribution in [0.2, 0.25) is 5.02 Å². The number of hydrogen-bond donors (Lipinski definition) is 1. The van der Waals surface area contributed by atoms with Gasteiger partial charge in [-0.1, -0.05) is 22.8 Å². The van der Waals surface area contributed by atoms with Gasteiger partial charge in [0.1, 0.15) is 17.3 Å². The third-order valence-corrected chi connectivity index (χ3v) is 4.50. The number of rotatable bonds is 3. The van der Waals surface area contributed by atoms with Crippen molar-refractivity contribution in [2.75, 3.05) is 0 Å². The van der Waals surface area contributed by atoms with Crippen molar-refractivity contribution in [1.29, 1.82) is 0 Å². The van der Waals surface area contributed by atoms with Gasteiger partial charge in [-0.05, 0) is 30.3 Å². The van der Waals surface area contributed by atoms with Crippen LogP contribution in [0.15, 0.2) is 40.9 Å². The summed E-state index contributed by atoms with van der Waals surface area (Å²) in [7, 11) is 0. The number of aromatic nitrogens is 3. The van der Waals surface area contributed by atoms with E-state index in [0.29, 0.717) is 33.7 Å². The first-order valence-electron chi connectivity index (χ1n) is 7.78. The standard InChI is InChI=1S/C18H13ClF2N4O/c1-9-23-18(24-26-9)17-16(19)13-6-11(20)3-5-15(13)25(17)12-4-2-10(8-22)14(21)7-12/h2-7H,8,22H2,1H3. The second-order valence-electron chi connectivity index (χ2n) is 5.78. The van der Waals surface area contributed by atoms with Crippen LogP contribution in [0.3, 0.4) is 0 Å². The zero-order valence-electron chi connectivity index (χ0n) is 13.6. The number of aryl methyl sites for hydroxylation is 1. The van der Waals surface area contributed by atoms with E-state index in [2.05, 4.69) is 10.1 Å². The van der Waals surface area contributed by atoms with Crippen molar-refractivity contribution in [3.8, 4) is 17.2 Å². The molecule has 0 aliphatic carbocycles. The molecule has 0 fully saturated rings. The van der Waals surface area contributed by atoms with Gasteiger partial charge in [0.25, 0.3) is 0 Å². The van der Waals surface area contributed by atoms with Crippen LogP contribution in [0.5, 0.6) is 0 Å². The Kier molecular flexibility index (Phi) is 3.97. The zero-order chi connectivity index (χ0) is 18.4. The quantitative estimate of drug-likeness (QED) is 0.577. The van der Waals surface area contributed by atoms with Gasteiger partial charge in [-0.3, -0.25) is 0 Å². The highest BCUT2D eigenvalue weighted by Crippen LogP contribution is 2.39. The van der Waals surface area contributed by atoms with E-state index in [0.717, 1.165) is 0 Å². The molecule has 0 atom stereocenters. The van der Waals surface area contributed by atoms with Crippen LogP contribution < -0.4 is 5.73 Å². The molecule has 0 saturated heterocycles. The van der Waals surface area contributed by atoms with E-state index in [-0.39, 0.29) is 17.4 Å². The van der Waals surface area contributed by atoms with Gasteiger partial charge in [-0.15, -0.1) is 0 Å². The van der Waals surface area contributed by atoms with Crippen LogP contribution in [-0.2, 0) is 6.54 Å². The average molecular weight is 375 g/mol. The van der Waals surface area contributed by atoms with Gasteiger partial charge in [0.15, 0.2) is 0 Å². The van der Waals surface area contributed by atoms with Gasteiger partial charge in [-0.25, -0.2) is 8.78 Å². The summed E-state index contributed by atoms with van der Waals surface area (Å²) in [5.41, 5.74) is 7.39. The smallest absolute Gasteiger partial charge is 0.223 e. The molecule has 8 heteroatoms. The van der Waals surface area contributed by atoms with Crippen molar-refractivity contribution in [2.45, 2.75) is 13.5 Å². The Labute approximate surface area is 152 Å². The van der Waals surface area contributed by atoms with Crippen molar-refractivity contribution in [3.63, 3.8) is 0 Å². The summed E-state index contributed by atoms with van der Waals surface area (Å²) in [6.07, 6.45) is 0. The first-order chi connectivity index (χ1) is 12.5. The molecule has 0 aliphatic rings. The Hall–Kier alpha value is -2.77. The molecule has 4 aromatic rings. The highest BCUT2D eigenvalue weighted by Gasteiger charge is 2.23. The fraction of sp³-hybridized carbons (Fsp3) is 0.111. The molecule has 0 aliphatic heterocycles. The lowest BCUT2D eigenvalue weighted by molar-refractivity contribution is 0.394. The molecule has 2 aromatic carbocycles. The summed E-state index contributed by atoms with van der Waals surface area (Å²) in [4.78, 5) is 4.21. The summed E-state index contributed by atoms with van der Waals surface area (Å²) in [5, 5.41) is 4.63. The first-order valence-corrected chi connectivity index (χ1v) is 8.16. The van der Waals surface area contributed by atoms with Gasteiger partial charge in [0, 0.05) is 30.1 Å². The second-order valence-corrected chi connectivity index (χ2v) is 6.15. The molecule has 0 amide bonds. The fourth-order valence-corrected chi connectivity index (χ4v) is 3.25. The lowest BCUT2D eigenvalue weighted by atomic mass is 10.2. The largest absolute Gasteiger partial charge is 0.339 e. The Morgan fingerprint density at radius 3 is 2.65 bits per heavy atom. The van der Waals surface area contributed by atoms with Crippen LogP contribution in [-0.4, -0.2) is 14.7 Å². The third kappa shape index (κ3) is 2.56. The Balaban J connectivity index is 2.08. The van der Waals surface area contributed by atoms with E-state index in [4.69, 9.17) is 21.9 Å². The van der Waals surface area contributed by atoms with E-state index in [1.165, 1.54) is 18.2 Å². The Bertz CT molecular complexity index is 1140. The van der Waals surface area contributed by atoms with Gasteiger partial charge >= 0.3 is 0 Å². The number of halogens is 3. The molecular formula is C18H13ClF2N4O. The van der Waals surface area contributed by atoms with E-state index >= 15 is 0 Å². The van der Waals surface area contributed by atoms with Crippen molar-refractivity contribution >= 4 is 22.5 Å². The van der Waals surface area contributed by atoms with E-state index in [1.54, 1.807) is 29.7 Å². The van der Waals surface area contributed by atoms with Crippen LogP contribution in [0, 0.1) is 18.6 Å². The normalized spacial score (nSPS) is 11.4. The van der Waals surface area contributed by atoms with Gasteiger partial charge in [0.2, 0.25) is 11.7 Å². The number of fused-ring (bicyclic) bond motifs is 1. The summed E-state index contributed by atoms with van der Waals surface area (Å²) in [6.45, 7) is 1.73. The second kappa shape index (κ2) is 6.19. The monoisotopic (exact) mass is 374 g/mol. The highest BCUT2D eigenvalue weighted by atomic mass is 35.5. The Morgan fingerprint density at radius 1 is 1.19 bits per heavy atom. The molecule has 0 bridgehead atoms. The number of nitrogens with zero attached hydrogens (tertiary/aromatic N) is 3. The molecule has 0 spiro atoms. The summed E-state index contributed by atoms with van der Waals surface area (Å²) in [6, 6.07) is 8.85. The minimum Gasteiger partial charge on any atom is -0.339 e. The zero-order valence-corrected chi connectivity index (χ0v) is 14.4. The van der Waals surface area contributed by atoms with Crippen molar-refractivity contribution in [2.24, 2.45) is 5.73 Å². The minimum atomic E-state index is -0.444. The third-order valence-electron chi connectivity index (χ3n) is 4.12. The number of benzene rings is 2. The molecule has 0 saturated carbocycles. The summed E-state index contributed by atoms with van der Waals surface area (Å²) in [5.74, 6) is -0.298. The molecule has 2 aromatic heterocycles. The van der Waals surface area contributed by atoms with E-state index < -0.39 is 11.6 Å². The number of nitrogens with two attached hydrogens (primary N) is 1. The molecule has 0 unspecified atom stereocenters. The molecule has 0 radical (unpaired) electrons. The van der Waals surface area contributed by atoms with Crippen molar-refractivity contribution < 1.29 is 13.3 Å². The van der Waals surface area contributed by atoms with E-state index in [9.17, 15) is 8.78 Å². The fourth-order valence-electron chi connectivity index (χ4n) is 2.93. The topological polar surface area (TPSA) is 69.9 Å². The maximum atomic E-state index is 14.3. The van der Waals surface area contributed by atoms with Crippen LogP contribution in [0.4, 0.5) is 8.78 Å². The molecule has 26 heavy (non-hydrogen) atoms. The summed E-state index contributed by atoms with van der Waals surface area (Å²) >= 11 is 6.50. The van der Waals surface area contributed by atoms with Gasteiger partial charge in [-0.2, -0.15) is 4.98 Å². The molecule has 2 heterocycles. The van der Waals surface area contributed by atoms with Crippen LogP contribution in [0.25, 0.3) is 28.1 Å². The van der Waals surface area contributed by atoms with E-state index in [1.807, 2.05) is 0 Å².